The highest BCUT2D eigenvalue weighted by Crippen LogP contribution is 2.11. The molecule has 0 radical (unpaired) electrons. The molecule has 100 valence electrons. The molecule has 0 aliphatic carbocycles. The zero-order valence-electron chi connectivity index (χ0n) is 10.7. The molecule has 0 aliphatic rings. The molecule has 5 nitrogen and oxygen atoms in total. The van der Waals surface area contributed by atoms with E-state index in [2.05, 4.69) is 10.3 Å². The van der Waals surface area contributed by atoms with Gasteiger partial charge in [0.2, 0.25) is 0 Å². The summed E-state index contributed by atoms with van der Waals surface area (Å²) in [4.78, 5) is 16.2. The number of amides is 1. The van der Waals surface area contributed by atoms with Gasteiger partial charge in [0.15, 0.2) is 0 Å². The minimum atomic E-state index is -0.662. The molecule has 19 heavy (non-hydrogen) atoms. The summed E-state index contributed by atoms with van der Waals surface area (Å²) in [5, 5.41) is 12.9. The van der Waals surface area contributed by atoms with Crippen molar-refractivity contribution in [3.8, 4) is 0 Å². The molecule has 2 atom stereocenters. The van der Waals surface area contributed by atoms with Crippen LogP contribution in [0.2, 0.25) is 0 Å². The summed E-state index contributed by atoms with van der Waals surface area (Å²) < 4.78 is 0. The molecule has 2 aromatic rings. The highest BCUT2D eigenvalue weighted by Gasteiger charge is 2.12. The van der Waals surface area contributed by atoms with Crippen LogP contribution in [-0.4, -0.2) is 34.7 Å². The van der Waals surface area contributed by atoms with Crippen molar-refractivity contribution in [2.75, 3.05) is 6.54 Å². The third-order valence-electron chi connectivity index (χ3n) is 2.95. The first-order valence-corrected chi connectivity index (χ1v) is 6.15. The fourth-order valence-electron chi connectivity index (χ4n) is 1.66. The summed E-state index contributed by atoms with van der Waals surface area (Å²) in [5.74, 6) is -0.290. The zero-order valence-corrected chi connectivity index (χ0v) is 10.7. The van der Waals surface area contributed by atoms with E-state index in [9.17, 15) is 9.90 Å². The standard InChI is InChI=1S/C14H17N3O2/c1-9(18)11(15)8-16-14(19)13-7-6-10-4-2-3-5-12(10)17-13/h2-7,9,11,18H,8,15H2,1H3,(H,16,19). The highest BCUT2D eigenvalue weighted by molar-refractivity contribution is 5.94. The van der Waals surface area contributed by atoms with Gasteiger partial charge in [-0.2, -0.15) is 0 Å². The Morgan fingerprint density at radius 2 is 2.11 bits per heavy atom. The van der Waals surface area contributed by atoms with Crippen molar-refractivity contribution < 1.29 is 9.90 Å². The first kappa shape index (κ1) is 13.5. The molecule has 4 N–H and O–H groups in total. The third kappa shape index (κ3) is 3.27. The Hall–Kier alpha value is -1.98. The lowest BCUT2D eigenvalue weighted by Crippen LogP contribution is -2.43. The lowest BCUT2D eigenvalue weighted by Gasteiger charge is -2.15. The van der Waals surface area contributed by atoms with E-state index < -0.39 is 12.1 Å². The lowest BCUT2D eigenvalue weighted by molar-refractivity contribution is 0.0933. The number of aliphatic hydroxyl groups is 1. The van der Waals surface area contributed by atoms with E-state index in [0.717, 1.165) is 10.9 Å². The Morgan fingerprint density at radius 1 is 1.37 bits per heavy atom. The van der Waals surface area contributed by atoms with Crippen molar-refractivity contribution in [3.63, 3.8) is 0 Å². The fourth-order valence-corrected chi connectivity index (χ4v) is 1.66. The van der Waals surface area contributed by atoms with Crippen molar-refractivity contribution in [1.82, 2.24) is 10.3 Å². The minimum Gasteiger partial charge on any atom is -0.392 e. The molecule has 1 aromatic carbocycles. The number of hydrogen-bond acceptors (Lipinski definition) is 4. The van der Waals surface area contributed by atoms with E-state index in [0.29, 0.717) is 5.69 Å². The number of pyridine rings is 1. The van der Waals surface area contributed by atoms with Crippen LogP contribution in [0.3, 0.4) is 0 Å². The van der Waals surface area contributed by atoms with Gasteiger partial charge >= 0.3 is 0 Å². The Morgan fingerprint density at radius 3 is 2.84 bits per heavy atom. The van der Waals surface area contributed by atoms with Crippen LogP contribution in [0, 0.1) is 0 Å². The van der Waals surface area contributed by atoms with Crippen LogP contribution in [0.15, 0.2) is 36.4 Å². The zero-order chi connectivity index (χ0) is 13.8. The SMILES string of the molecule is CC(O)C(N)CNC(=O)c1ccc2ccccc2n1. The van der Waals surface area contributed by atoms with Crippen LogP contribution in [0.5, 0.6) is 0 Å². The van der Waals surface area contributed by atoms with Gasteiger partial charge < -0.3 is 16.2 Å². The Labute approximate surface area is 111 Å². The topological polar surface area (TPSA) is 88.2 Å². The summed E-state index contributed by atoms with van der Waals surface area (Å²) in [5.41, 5.74) is 6.77. The number of aliphatic hydroxyl groups excluding tert-OH is 1. The van der Waals surface area contributed by atoms with E-state index in [1.807, 2.05) is 30.3 Å². The van der Waals surface area contributed by atoms with Crippen molar-refractivity contribution in [3.05, 3.63) is 42.1 Å². The van der Waals surface area contributed by atoms with Crippen LogP contribution in [0.1, 0.15) is 17.4 Å². The number of para-hydroxylation sites is 1. The van der Waals surface area contributed by atoms with Gasteiger partial charge in [-0.3, -0.25) is 4.79 Å². The molecule has 0 fully saturated rings. The Kier molecular flexibility index (Phi) is 4.09. The van der Waals surface area contributed by atoms with E-state index in [-0.39, 0.29) is 12.5 Å². The average Bonchev–Trinajstić information content (AvgIpc) is 2.43. The molecule has 0 bridgehead atoms. The summed E-state index contributed by atoms with van der Waals surface area (Å²) in [6, 6.07) is 10.6. The molecule has 5 heteroatoms. The Bertz CT molecular complexity index is 584. The molecule has 0 saturated heterocycles. The van der Waals surface area contributed by atoms with Gasteiger partial charge in [0.25, 0.3) is 5.91 Å². The molecule has 2 rings (SSSR count). The van der Waals surface area contributed by atoms with Gasteiger partial charge in [-0.1, -0.05) is 24.3 Å². The highest BCUT2D eigenvalue weighted by atomic mass is 16.3. The van der Waals surface area contributed by atoms with Crippen LogP contribution in [0.25, 0.3) is 10.9 Å². The summed E-state index contributed by atoms with van der Waals surface area (Å²) in [7, 11) is 0. The number of fused-ring (bicyclic) bond motifs is 1. The maximum absolute atomic E-state index is 11.9. The van der Waals surface area contributed by atoms with E-state index in [4.69, 9.17) is 5.73 Å². The smallest absolute Gasteiger partial charge is 0.269 e. The van der Waals surface area contributed by atoms with Crippen LogP contribution in [0.4, 0.5) is 0 Å². The number of aromatic nitrogens is 1. The lowest BCUT2D eigenvalue weighted by atomic mass is 10.2. The molecule has 2 unspecified atom stereocenters. The van der Waals surface area contributed by atoms with Crippen molar-refractivity contribution in [1.29, 1.82) is 0 Å². The minimum absolute atomic E-state index is 0.213. The average molecular weight is 259 g/mol. The van der Waals surface area contributed by atoms with Gasteiger partial charge in [0.1, 0.15) is 5.69 Å². The second-order valence-electron chi connectivity index (χ2n) is 4.50. The molecular weight excluding hydrogens is 242 g/mol. The molecule has 1 aromatic heterocycles. The monoisotopic (exact) mass is 259 g/mol. The number of nitrogens with two attached hydrogens (primary N) is 1. The second-order valence-corrected chi connectivity index (χ2v) is 4.50. The number of nitrogens with one attached hydrogen (secondary N) is 1. The number of nitrogens with zero attached hydrogens (tertiary/aromatic N) is 1. The second kappa shape index (κ2) is 5.77. The van der Waals surface area contributed by atoms with Crippen molar-refractivity contribution in [2.24, 2.45) is 5.73 Å². The summed E-state index contributed by atoms with van der Waals surface area (Å²) in [6.45, 7) is 1.80. The van der Waals surface area contributed by atoms with Gasteiger partial charge in [0.05, 0.1) is 11.6 Å². The maximum atomic E-state index is 11.9. The predicted octanol–water partition coefficient (Wildman–Crippen LogP) is 0.673. The van der Waals surface area contributed by atoms with Gasteiger partial charge in [-0.15, -0.1) is 0 Å². The number of rotatable bonds is 4. The molecule has 1 heterocycles. The van der Waals surface area contributed by atoms with E-state index in [1.165, 1.54) is 0 Å². The van der Waals surface area contributed by atoms with E-state index in [1.54, 1.807) is 13.0 Å². The molecule has 0 saturated carbocycles. The summed E-state index contributed by atoms with van der Waals surface area (Å²) in [6.07, 6.45) is -0.662. The number of hydrogen-bond donors (Lipinski definition) is 3. The largest absolute Gasteiger partial charge is 0.392 e. The molecular formula is C14H17N3O2. The number of benzene rings is 1. The first-order valence-electron chi connectivity index (χ1n) is 6.15. The fraction of sp³-hybridized carbons (Fsp3) is 0.286. The first-order chi connectivity index (χ1) is 9.08. The normalized spacial score (nSPS) is 14.1. The van der Waals surface area contributed by atoms with Crippen molar-refractivity contribution >= 4 is 16.8 Å². The van der Waals surface area contributed by atoms with E-state index >= 15 is 0 Å². The Balaban J connectivity index is 2.09. The van der Waals surface area contributed by atoms with Crippen LogP contribution >= 0.6 is 0 Å². The third-order valence-corrected chi connectivity index (χ3v) is 2.95. The van der Waals surface area contributed by atoms with Crippen molar-refractivity contribution in [2.45, 2.75) is 19.1 Å². The number of carbonyl (C=O) groups excluding carboxylic acids is 1. The molecule has 0 spiro atoms. The molecule has 1 amide bonds. The predicted molar refractivity (Wildman–Crippen MR) is 73.7 cm³/mol. The maximum Gasteiger partial charge on any atom is 0.269 e. The van der Waals surface area contributed by atoms with Gasteiger partial charge in [0, 0.05) is 18.0 Å². The quantitative estimate of drug-likeness (QED) is 0.753. The van der Waals surface area contributed by atoms with Gasteiger partial charge in [-0.25, -0.2) is 4.98 Å². The van der Waals surface area contributed by atoms with Crippen LogP contribution in [-0.2, 0) is 0 Å². The van der Waals surface area contributed by atoms with Gasteiger partial charge in [-0.05, 0) is 19.1 Å². The number of carbonyl (C=O) groups is 1. The summed E-state index contributed by atoms with van der Waals surface area (Å²) >= 11 is 0. The molecule has 0 aliphatic heterocycles. The van der Waals surface area contributed by atoms with Crippen LogP contribution < -0.4 is 11.1 Å².